The largest absolute Gasteiger partial charge is 0.337 e. The number of halogens is 4. The van der Waals surface area contributed by atoms with Crippen LogP contribution in [0.25, 0.3) is 0 Å². The molecule has 1 aromatic carbocycles. The van der Waals surface area contributed by atoms with Gasteiger partial charge in [0.2, 0.25) is 0 Å². The monoisotopic (exact) mass is 384 g/mol. The van der Waals surface area contributed by atoms with Crippen molar-refractivity contribution in [1.82, 2.24) is 10.2 Å². The molecule has 1 aromatic rings. The van der Waals surface area contributed by atoms with Crippen molar-refractivity contribution >= 4 is 45.8 Å². The molecule has 1 fully saturated rings. The predicted molar refractivity (Wildman–Crippen MR) is 84.3 cm³/mol. The van der Waals surface area contributed by atoms with Gasteiger partial charge in [-0.1, -0.05) is 11.6 Å². The van der Waals surface area contributed by atoms with Gasteiger partial charge in [-0.25, -0.2) is 4.39 Å². The molecule has 1 aliphatic heterocycles. The van der Waals surface area contributed by atoms with Crippen LogP contribution in [0.5, 0.6) is 0 Å². The summed E-state index contributed by atoms with van der Waals surface area (Å²) < 4.78 is 14.4. The van der Waals surface area contributed by atoms with E-state index in [2.05, 4.69) is 21.2 Å². The average Bonchev–Trinajstić information content (AvgIpc) is 2.42. The zero-order valence-corrected chi connectivity index (χ0v) is 14.1. The minimum absolute atomic E-state index is 0. The zero-order chi connectivity index (χ0) is 14.0. The highest BCUT2D eigenvalue weighted by molar-refractivity contribution is 9.10. The number of hydrogen-bond donors (Lipinski definition) is 1. The fourth-order valence-electron chi connectivity index (χ4n) is 2.21. The zero-order valence-electron chi connectivity index (χ0n) is 11.0. The summed E-state index contributed by atoms with van der Waals surface area (Å²) in [6.45, 7) is 1.72. The van der Waals surface area contributed by atoms with E-state index in [9.17, 15) is 9.18 Å². The van der Waals surface area contributed by atoms with Gasteiger partial charge in [0.05, 0.1) is 10.6 Å². The molecule has 0 saturated carbocycles. The van der Waals surface area contributed by atoms with Crippen molar-refractivity contribution in [1.29, 1.82) is 0 Å². The van der Waals surface area contributed by atoms with Crippen LogP contribution in [0, 0.1) is 5.82 Å². The molecular formula is C13H16BrCl2FN2O. The Bertz CT molecular complexity index is 496. The lowest BCUT2D eigenvalue weighted by Crippen LogP contribution is -2.46. The second-order valence-corrected chi connectivity index (χ2v) is 5.92. The van der Waals surface area contributed by atoms with Crippen LogP contribution in [0.3, 0.4) is 0 Å². The molecule has 20 heavy (non-hydrogen) atoms. The number of nitrogens with zero attached hydrogens (tertiary/aromatic N) is 1. The highest BCUT2D eigenvalue weighted by Gasteiger charge is 2.25. The molecule has 1 N–H and O–H groups in total. The van der Waals surface area contributed by atoms with Gasteiger partial charge in [0.15, 0.2) is 0 Å². The molecule has 1 heterocycles. The van der Waals surface area contributed by atoms with Crippen LogP contribution >= 0.6 is 39.9 Å². The molecule has 1 saturated heterocycles. The van der Waals surface area contributed by atoms with Crippen LogP contribution in [-0.4, -0.2) is 37.0 Å². The number of carbonyl (C=O) groups excluding carboxylic acids is 1. The van der Waals surface area contributed by atoms with Crippen molar-refractivity contribution in [2.75, 3.05) is 20.1 Å². The Kier molecular flexibility index (Phi) is 6.72. The summed E-state index contributed by atoms with van der Waals surface area (Å²) in [6.07, 6.45) is 1.96. The van der Waals surface area contributed by atoms with E-state index >= 15 is 0 Å². The minimum Gasteiger partial charge on any atom is -0.337 e. The van der Waals surface area contributed by atoms with Crippen LogP contribution in [0.2, 0.25) is 5.02 Å². The van der Waals surface area contributed by atoms with Crippen LogP contribution in [-0.2, 0) is 0 Å². The maximum atomic E-state index is 13.8. The number of hydrogen-bond acceptors (Lipinski definition) is 2. The molecule has 0 unspecified atom stereocenters. The molecule has 1 amide bonds. The molecule has 0 spiro atoms. The van der Waals surface area contributed by atoms with Gasteiger partial charge >= 0.3 is 0 Å². The highest BCUT2D eigenvalue weighted by atomic mass is 79.9. The predicted octanol–water partition coefficient (Wildman–Crippen LogP) is 3.49. The third-order valence-corrected chi connectivity index (χ3v) is 4.58. The number of piperidine rings is 1. The molecule has 0 radical (unpaired) electrons. The summed E-state index contributed by atoms with van der Waals surface area (Å²) >= 11 is 9.01. The summed E-state index contributed by atoms with van der Waals surface area (Å²) in [7, 11) is 1.71. The molecule has 0 bridgehead atoms. The molecule has 0 aromatic heterocycles. The lowest BCUT2D eigenvalue weighted by molar-refractivity contribution is 0.0703. The summed E-state index contributed by atoms with van der Waals surface area (Å²) in [5.74, 6) is -0.905. The lowest BCUT2D eigenvalue weighted by Gasteiger charge is -2.31. The molecule has 3 nitrogen and oxygen atoms in total. The third kappa shape index (κ3) is 3.85. The topological polar surface area (TPSA) is 32.3 Å². The van der Waals surface area contributed by atoms with E-state index in [1.165, 1.54) is 6.07 Å². The van der Waals surface area contributed by atoms with Crippen LogP contribution in [0.15, 0.2) is 16.6 Å². The SMILES string of the molecule is CN(C(=O)c1cc(Br)c(Cl)cc1F)[C@@H]1CCCNC1.Cl. The van der Waals surface area contributed by atoms with Gasteiger partial charge in [0.1, 0.15) is 5.82 Å². The Labute approximate surface area is 137 Å². The summed E-state index contributed by atoms with van der Waals surface area (Å²) in [6, 6.07) is 2.70. The van der Waals surface area contributed by atoms with Crippen molar-refractivity contribution < 1.29 is 9.18 Å². The molecule has 1 aliphatic rings. The van der Waals surface area contributed by atoms with E-state index in [1.54, 1.807) is 11.9 Å². The number of rotatable bonds is 2. The van der Waals surface area contributed by atoms with E-state index in [0.29, 0.717) is 4.47 Å². The minimum atomic E-state index is -0.589. The van der Waals surface area contributed by atoms with Gasteiger partial charge in [-0.05, 0) is 47.4 Å². The van der Waals surface area contributed by atoms with E-state index < -0.39 is 5.82 Å². The standard InChI is InChI=1S/C13H15BrClFN2O.ClH/c1-18(8-3-2-4-17-7-8)13(19)9-5-10(14)11(15)6-12(9)16;/h5-6,8,17H,2-4,7H2,1H3;1H/t8-;/m1./s1. The summed E-state index contributed by atoms with van der Waals surface area (Å²) in [5.41, 5.74) is 0.0457. The van der Waals surface area contributed by atoms with Gasteiger partial charge in [-0.3, -0.25) is 4.79 Å². The van der Waals surface area contributed by atoms with Crippen molar-refractivity contribution in [2.24, 2.45) is 0 Å². The first-order valence-electron chi connectivity index (χ1n) is 6.13. The maximum absolute atomic E-state index is 13.8. The van der Waals surface area contributed by atoms with Gasteiger partial charge in [0.25, 0.3) is 5.91 Å². The molecule has 2 rings (SSSR count). The first-order chi connectivity index (χ1) is 9.00. The lowest BCUT2D eigenvalue weighted by atomic mass is 10.1. The van der Waals surface area contributed by atoms with Gasteiger partial charge in [0, 0.05) is 24.1 Å². The molecular weight excluding hydrogens is 370 g/mol. The Morgan fingerprint density at radius 3 is 2.85 bits per heavy atom. The van der Waals surface area contributed by atoms with Crippen LogP contribution in [0.4, 0.5) is 4.39 Å². The third-order valence-electron chi connectivity index (χ3n) is 3.38. The van der Waals surface area contributed by atoms with Crippen molar-refractivity contribution in [2.45, 2.75) is 18.9 Å². The van der Waals surface area contributed by atoms with E-state index in [4.69, 9.17) is 11.6 Å². The van der Waals surface area contributed by atoms with Gasteiger partial charge < -0.3 is 10.2 Å². The second kappa shape index (κ2) is 7.59. The van der Waals surface area contributed by atoms with E-state index in [-0.39, 0.29) is 34.9 Å². The number of carbonyl (C=O) groups is 1. The maximum Gasteiger partial charge on any atom is 0.256 e. The van der Waals surface area contributed by atoms with Crippen LogP contribution in [0.1, 0.15) is 23.2 Å². The Balaban J connectivity index is 0.00000200. The molecule has 1 atom stereocenters. The smallest absolute Gasteiger partial charge is 0.256 e. The van der Waals surface area contributed by atoms with Crippen molar-refractivity contribution in [3.8, 4) is 0 Å². The fraction of sp³-hybridized carbons (Fsp3) is 0.462. The normalized spacial score (nSPS) is 18.3. The van der Waals surface area contributed by atoms with Crippen LogP contribution < -0.4 is 5.32 Å². The Hall–Kier alpha value is -0.360. The fourth-order valence-corrected chi connectivity index (χ4v) is 2.70. The summed E-state index contributed by atoms with van der Waals surface area (Å²) in [5, 5.41) is 3.50. The number of likely N-dealkylation sites (N-methyl/N-ethyl adjacent to an activating group) is 1. The number of amides is 1. The molecule has 0 aliphatic carbocycles. The van der Waals surface area contributed by atoms with E-state index in [0.717, 1.165) is 32.0 Å². The summed E-state index contributed by atoms with van der Waals surface area (Å²) in [4.78, 5) is 13.9. The highest BCUT2D eigenvalue weighted by Crippen LogP contribution is 2.26. The Morgan fingerprint density at radius 1 is 1.55 bits per heavy atom. The number of benzene rings is 1. The number of nitrogens with one attached hydrogen (secondary N) is 1. The van der Waals surface area contributed by atoms with Gasteiger partial charge in [-0.15, -0.1) is 12.4 Å². The average molecular weight is 386 g/mol. The molecule has 7 heteroatoms. The van der Waals surface area contributed by atoms with E-state index in [1.807, 2.05) is 0 Å². The second-order valence-electron chi connectivity index (χ2n) is 4.66. The first-order valence-corrected chi connectivity index (χ1v) is 7.30. The van der Waals surface area contributed by atoms with Crippen molar-refractivity contribution in [3.63, 3.8) is 0 Å². The quantitative estimate of drug-likeness (QED) is 0.790. The first kappa shape index (κ1) is 17.7. The van der Waals surface area contributed by atoms with Gasteiger partial charge in [-0.2, -0.15) is 0 Å². The van der Waals surface area contributed by atoms with Crippen molar-refractivity contribution in [3.05, 3.63) is 33.0 Å². The Morgan fingerprint density at radius 2 is 2.25 bits per heavy atom. The molecule has 112 valence electrons.